The van der Waals surface area contributed by atoms with Gasteiger partial charge in [-0.25, -0.2) is 4.79 Å². The number of fused-ring (bicyclic) bond motifs is 3. The Kier molecular flexibility index (Phi) is 9.03. The minimum absolute atomic E-state index is 0.0301. The maximum absolute atomic E-state index is 11.8. The lowest BCUT2D eigenvalue weighted by atomic mass is 9.86. The third kappa shape index (κ3) is 6.21. The highest BCUT2D eigenvalue weighted by atomic mass is 127. The van der Waals surface area contributed by atoms with E-state index in [4.69, 9.17) is 14.6 Å². The Morgan fingerprint density at radius 2 is 2.18 bits per heavy atom. The molecule has 0 amide bonds. The number of halogens is 1. The van der Waals surface area contributed by atoms with Crippen LogP contribution in [-0.2, 0) is 19.0 Å². The number of carboxylic acids is 1. The molecule has 0 saturated heterocycles. The number of ether oxygens (including phenoxy) is 2. The number of hydrogen-bond acceptors (Lipinski definition) is 6. The van der Waals surface area contributed by atoms with Crippen LogP contribution in [0.2, 0.25) is 0 Å². The standard InChI is InChI=1S/C25H29IO7/c1-3-4-7-15(2)19(27)13-12-17-20(32-25(30)33-26)14-21-23(17)18-10-5-8-16(24(18)31-21)9-6-11-22(28)29/h5,8,10,12-13,15,17,19-21,23,27H,6-7,9,11,14H2,1-2H3,(H,28,29)/b13-12+/t15-,17-,19+,20+,21-,23-/m0/s1. The van der Waals surface area contributed by atoms with Crippen LogP contribution in [0.1, 0.15) is 56.6 Å². The fraction of sp³-hybridized carbons (Fsp3) is 0.520. The Hall–Kier alpha value is -2.25. The average molecular weight is 568 g/mol. The summed E-state index contributed by atoms with van der Waals surface area (Å²) in [6.07, 6.45) is 3.98. The monoisotopic (exact) mass is 568 g/mol. The molecule has 1 aromatic carbocycles. The Morgan fingerprint density at radius 3 is 2.88 bits per heavy atom. The van der Waals surface area contributed by atoms with Gasteiger partial charge in [-0.1, -0.05) is 37.3 Å². The molecular weight excluding hydrogens is 539 g/mol. The van der Waals surface area contributed by atoms with E-state index in [1.165, 1.54) is 23.0 Å². The van der Waals surface area contributed by atoms with Crippen LogP contribution >= 0.6 is 23.0 Å². The second kappa shape index (κ2) is 11.7. The van der Waals surface area contributed by atoms with E-state index in [2.05, 4.69) is 14.9 Å². The Bertz CT molecular complexity index is 948. The van der Waals surface area contributed by atoms with Crippen LogP contribution in [-0.4, -0.2) is 40.6 Å². The number of benzene rings is 1. The maximum atomic E-state index is 11.8. The van der Waals surface area contributed by atoms with Crippen molar-refractivity contribution in [3.8, 4) is 17.6 Å². The molecule has 2 N–H and O–H groups in total. The summed E-state index contributed by atoms with van der Waals surface area (Å²) in [5.74, 6) is 5.56. The smallest absolute Gasteiger partial charge is 0.489 e. The fourth-order valence-electron chi connectivity index (χ4n) is 4.66. The first kappa shape index (κ1) is 25.4. The highest BCUT2D eigenvalue weighted by molar-refractivity contribution is 14.1. The van der Waals surface area contributed by atoms with Crippen molar-refractivity contribution in [3.05, 3.63) is 41.5 Å². The summed E-state index contributed by atoms with van der Waals surface area (Å²) in [4.78, 5) is 22.7. The predicted octanol–water partition coefficient (Wildman–Crippen LogP) is 4.80. The molecule has 178 valence electrons. The predicted molar refractivity (Wildman–Crippen MR) is 130 cm³/mol. The lowest BCUT2D eigenvalue weighted by Crippen LogP contribution is -2.24. The van der Waals surface area contributed by atoms with Gasteiger partial charge in [0.05, 0.1) is 6.10 Å². The van der Waals surface area contributed by atoms with Gasteiger partial charge in [0, 0.05) is 36.7 Å². The average Bonchev–Trinajstić information content (AvgIpc) is 3.31. The minimum atomic E-state index is -0.814. The number of hydrogen-bond donors (Lipinski definition) is 2. The van der Waals surface area contributed by atoms with Crippen LogP contribution in [0.5, 0.6) is 5.75 Å². The van der Waals surface area contributed by atoms with Crippen LogP contribution in [0.15, 0.2) is 30.4 Å². The quantitative estimate of drug-likeness (QED) is 0.191. The van der Waals surface area contributed by atoms with E-state index in [1.54, 1.807) is 13.0 Å². The van der Waals surface area contributed by atoms with Crippen molar-refractivity contribution in [2.45, 2.75) is 70.2 Å². The summed E-state index contributed by atoms with van der Waals surface area (Å²) < 4.78 is 16.5. The second-order valence-corrected chi connectivity index (χ2v) is 8.99. The van der Waals surface area contributed by atoms with Crippen molar-refractivity contribution in [1.82, 2.24) is 0 Å². The SMILES string of the molecule is CC#CC[C@H](C)[C@H](O)/C=C/[C@@H]1[C@H]2c3cccc(CCCC(=O)O)c3O[C@H]2C[C@H]1OC(=O)OI. The van der Waals surface area contributed by atoms with Crippen molar-refractivity contribution in [2.75, 3.05) is 0 Å². The first-order chi connectivity index (χ1) is 15.8. The number of carbonyl (C=O) groups excluding carboxylic acids is 1. The first-order valence-electron chi connectivity index (χ1n) is 11.1. The lowest BCUT2D eigenvalue weighted by Gasteiger charge is -2.21. The molecule has 0 radical (unpaired) electrons. The van der Waals surface area contributed by atoms with Crippen LogP contribution < -0.4 is 4.74 Å². The van der Waals surface area contributed by atoms with E-state index in [1.807, 2.05) is 31.2 Å². The lowest BCUT2D eigenvalue weighted by molar-refractivity contribution is -0.137. The van der Waals surface area contributed by atoms with Gasteiger partial charge in [-0.05, 0) is 31.2 Å². The molecule has 0 unspecified atom stereocenters. The number of para-hydroxylation sites is 1. The molecule has 0 spiro atoms. The molecule has 7 nitrogen and oxygen atoms in total. The zero-order chi connectivity index (χ0) is 24.0. The minimum Gasteiger partial charge on any atom is -0.489 e. The van der Waals surface area contributed by atoms with Crippen molar-refractivity contribution in [1.29, 1.82) is 0 Å². The van der Waals surface area contributed by atoms with E-state index in [-0.39, 0.29) is 30.3 Å². The number of carboxylic acid groups (broad SMARTS) is 1. The largest absolute Gasteiger partial charge is 0.518 e. The summed E-state index contributed by atoms with van der Waals surface area (Å²) in [7, 11) is 0. The maximum Gasteiger partial charge on any atom is 0.518 e. The van der Waals surface area contributed by atoms with Gasteiger partial charge < -0.3 is 22.8 Å². The van der Waals surface area contributed by atoms with Gasteiger partial charge in [-0.15, -0.1) is 11.8 Å². The van der Waals surface area contributed by atoms with Gasteiger partial charge in [-0.3, -0.25) is 4.79 Å². The Morgan fingerprint density at radius 1 is 1.39 bits per heavy atom. The zero-order valence-corrected chi connectivity index (χ0v) is 20.9. The first-order valence-corrected chi connectivity index (χ1v) is 12.0. The zero-order valence-electron chi connectivity index (χ0n) is 18.7. The Labute approximate surface area is 208 Å². The van der Waals surface area contributed by atoms with E-state index < -0.39 is 24.3 Å². The van der Waals surface area contributed by atoms with E-state index >= 15 is 0 Å². The van der Waals surface area contributed by atoms with Crippen molar-refractivity contribution >= 4 is 35.1 Å². The van der Waals surface area contributed by atoms with Gasteiger partial charge in [0.15, 0.2) is 23.0 Å². The van der Waals surface area contributed by atoms with Crippen LogP contribution in [0.3, 0.4) is 0 Å². The number of aryl methyl sites for hydroxylation is 1. The molecule has 3 rings (SSSR count). The summed E-state index contributed by atoms with van der Waals surface area (Å²) in [5.41, 5.74) is 2.01. The molecule has 0 bridgehead atoms. The number of aliphatic hydroxyl groups excluding tert-OH is 1. The molecule has 1 aromatic rings. The molecule has 1 aliphatic heterocycles. The molecule has 8 heteroatoms. The third-order valence-electron chi connectivity index (χ3n) is 6.33. The molecule has 0 aromatic heterocycles. The van der Waals surface area contributed by atoms with Gasteiger partial charge in [0.25, 0.3) is 0 Å². The summed E-state index contributed by atoms with van der Waals surface area (Å²) in [5, 5.41) is 19.5. The molecule has 33 heavy (non-hydrogen) atoms. The third-order valence-corrected chi connectivity index (χ3v) is 6.69. The molecule has 1 aliphatic carbocycles. The molecule has 1 fully saturated rings. The molecular formula is C25H29IO7. The molecule has 2 aliphatic rings. The van der Waals surface area contributed by atoms with Crippen molar-refractivity contribution in [3.63, 3.8) is 0 Å². The van der Waals surface area contributed by atoms with Crippen LogP contribution in [0, 0.1) is 23.7 Å². The highest BCUT2D eigenvalue weighted by Gasteiger charge is 2.51. The summed E-state index contributed by atoms with van der Waals surface area (Å²) >= 11 is 1.50. The summed E-state index contributed by atoms with van der Waals surface area (Å²) in [6, 6.07) is 5.93. The van der Waals surface area contributed by atoms with E-state index in [9.17, 15) is 14.7 Å². The highest BCUT2D eigenvalue weighted by Crippen LogP contribution is 2.53. The normalized spacial score (nSPS) is 24.7. The van der Waals surface area contributed by atoms with Gasteiger partial charge >= 0.3 is 12.1 Å². The number of rotatable bonds is 9. The van der Waals surface area contributed by atoms with Gasteiger partial charge in [0.2, 0.25) is 0 Å². The van der Waals surface area contributed by atoms with Crippen molar-refractivity contribution < 1.29 is 32.3 Å². The number of aliphatic hydroxyl groups is 1. The molecule has 1 heterocycles. The number of carbonyl (C=O) groups is 2. The fourth-order valence-corrected chi connectivity index (χ4v) is 4.76. The Balaban J connectivity index is 1.84. The topological polar surface area (TPSA) is 102 Å². The van der Waals surface area contributed by atoms with E-state index in [0.717, 1.165) is 16.9 Å². The van der Waals surface area contributed by atoms with Crippen LogP contribution in [0.4, 0.5) is 4.79 Å². The van der Waals surface area contributed by atoms with Gasteiger partial charge in [0.1, 0.15) is 18.0 Å². The second-order valence-electron chi connectivity index (χ2n) is 8.55. The summed E-state index contributed by atoms with van der Waals surface area (Å²) in [6.45, 7) is 3.71. The molecule has 6 atom stereocenters. The number of aliphatic carboxylic acids is 1. The molecule has 1 saturated carbocycles. The van der Waals surface area contributed by atoms with Crippen molar-refractivity contribution in [2.24, 2.45) is 11.8 Å². The van der Waals surface area contributed by atoms with Gasteiger partial charge in [-0.2, -0.15) is 0 Å². The van der Waals surface area contributed by atoms with Crippen LogP contribution in [0.25, 0.3) is 0 Å². The van der Waals surface area contributed by atoms with E-state index in [0.29, 0.717) is 25.7 Å².